The van der Waals surface area contributed by atoms with Gasteiger partial charge in [-0.3, -0.25) is 9.59 Å². The number of anilines is 1. The van der Waals surface area contributed by atoms with E-state index in [9.17, 15) is 24.3 Å². The Morgan fingerprint density at radius 1 is 1.21 bits per heavy atom. The minimum absolute atomic E-state index is 0.000184. The fraction of sp³-hybridized carbons (Fsp3) is 0.478. The maximum atomic E-state index is 12.4. The maximum Gasteiger partial charge on any atom is 0.349 e. The molecule has 184 valence electrons. The van der Waals surface area contributed by atoms with Crippen LogP contribution in [0, 0.1) is 0 Å². The Morgan fingerprint density at radius 3 is 2.65 bits per heavy atom. The van der Waals surface area contributed by atoms with E-state index in [1.165, 1.54) is 6.07 Å². The molecule has 1 fully saturated rings. The largest absolute Gasteiger partial charge is 0.422 e. The minimum Gasteiger partial charge on any atom is -0.422 e. The average molecular weight is 475 g/mol. The third-order valence-corrected chi connectivity index (χ3v) is 5.41. The van der Waals surface area contributed by atoms with E-state index in [1.54, 1.807) is 12.1 Å². The van der Waals surface area contributed by atoms with Gasteiger partial charge in [0, 0.05) is 49.6 Å². The first-order valence-corrected chi connectivity index (χ1v) is 11.2. The molecule has 1 unspecified atom stereocenters. The van der Waals surface area contributed by atoms with Gasteiger partial charge in [0.05, 0.1) is 19.6 Å². The van der Waals surface area contributed by atoms with E-state index in [1.807, 2.05) is 19.9 Å². The molecule has 0 aliphatic carbocycles. The van der Waals surface area contributed by atoms with Crippen molar-refractivity contribution >= 4 is 34.4 Å². The fourth-order valence-electron chi connectivity index (χ4n) is 3.55. The molecule has 1 aliphatic heterocycles. The molecule has 1 aliphatic rings. The summed E-state index contributed by atoms with van der Waals surface area (Å²) < 4.78 is 10.6. The van der Waals surface area contributed by atoms with Crippen molar-refractivity contribution in [2.75, 3.05) is 37.7 Å². The second-order valence-corrected chi connectivity index (χ2v) is 7.66. The van der Waals surface area contributed by atoms with Crippen LogP contribution in [-0.4, -0.2) is 67.0 Å². The number of hydrogen-bond donors (Lipinski definition) is 2. The highest BCUT2D eigenvalue weighted by Crippen LogP contribution is 2.22. The Bertz CT molecular complexity index is 1100. The van der Waals surface area contributed by atoms with Crippen molar-refractivity contribution < 1.29 is 33.5 Å². The second kappa shape index (κ2) is 11.6. The molecule has 2 aromatic rings. The van der Waals surface area contributed by atoms with Gasteiger partial charge in [0.25, 0.3) is 11.8 Å². The molecule has 1 saturated heterocycles. The average Bonchev–Trinajstić information content (AvgIpc) is 3.13. The van der Waals surface area contributed by atoms with Crippen LogP contribution in [0.5, 0.6) is 0 Å². The van der Waals surface area contributed by atoms with Crippen LogP contribution < -0.4 is 15.8 Å². The van der Waals surface area contributed by atoms with Gasteiger partial charge in [-0.15, -0.1) is 5.06 Å². The normalized spacial score (nSPS) is 15.6. The first-order valence-electron chi connectivity index (χ1n) is 11.2. The number of fused-ring (bicyclic) bond motifs is 1. The summed E-state index contributed by atoms with van der Waals surface area (Å²) in [6.45, 7) is 5.91. The topological polar surface area (TPSA) is 139 Å². The number of hydroxylamine groups is 2. The van der Waals surface area contributed by atoms with Crippen molar-refractivity contribution in [1.82, 2.24) is 10.4 Å². The number of aliphatic hydroxyl groups excluding tert-OH is 1. The van der Waals surface area contributed by atoms with E-state index in [2.05, 4.69) is 10.2 Å². The molecule has 1 aromatic carbocycles. The number of carbonyl (C=O) groups is 3. The number of amides is 2. The SMILES string of the molecule is CCN(CC)c1ccc2cc(C(=O)NCCOCCC(=O)ON3C(=O)CCC3O)c(=O)oc2c1. The number of hydrogen-bond acceptors (Lipinski definition) is 9. The number of ether oxygens (including phenoxy) is 1. The predicted molar refractivity (Wildman–Crippen MR) is 122 cm³/mol. The highest BCUT2D eigenvalue weighted by Gasteiger charge is 2.32. The van der Waals surface area contributed by atoms with Crippen LogP contribution in [0.2, 0.25) is 0 Å². The van der Waals surface area contributed by atoms with Gasteiger partial charge in [0.2, 0.25) is 0 Å². The van der Waals surface area contributed by atoms with Gasteiger partial charge in [0.15, 0.2) is 6.23 Å². The molecule has 34 heavy (non-hydrogen) atoms. The Morgan fingerprint density at radius 2 is 1.97 bits per heavy atom. The summed E-state index contributed by atoms with van der Waals surface area (Å²) in [6, 6.07) is 6.99. The molecule has 0 spiro atoms. The Hall–Kier alpha value is -3.44. The van der Waals surface area contributed by atoms with Gasteiger partial charge in [-0.25, -0.2) is 9.59 Å². The molecule has 0 bridgehead atoms. The van der Waals surface area contributed by atoms with Gasteiger partial charge in [0.1, 0.15) is 11.1 Å². The maximum absolute atomic E-state index is 12.4. The van der Waals surface area contributed by atoms with Crippen LogP contribution >= 0.6 is 0 Å². The zero-order chi connectivity index (χ0) is 24.7. The zero-order valence-electron chi connectivity index (χ0n) is 19.2. The van der Waals surface area contributed by atoms with Crippen LogP contribution in [0.3, 0.4) is 0 Å². The fourth-order valence-corrected chi connectivity index (χ4v) is 3.55. The lowest BCUT2D eigenvalue weighted by atomic mass is 10.1. The van der Waals surface area contributed by atoms with E-state index in [4.69, 9.17) is 14.0 Å². The Balaban J connectivity index is 1.44. The van der Waals surface area contributed by atoms with E-state index < -0.39 is 29.6 Å². The van der Waals surface area contributed by atoms with Crippen molar-refractivity contribution in [3.05, 3.63) is 40.2 Å². The molecule has 11 nitrogen and oxygen atoms in total. The number of carbonyl (C=O) groups excluding carboxylic acids is 3. The standard InChI is InChI=1S/C23H29N3O8/c1-3-25(4-2)16-6-5-15-13-17(23(31)33-18(15)14-16)22(30)24-10-12-32-11-9-21(29)34-26-19(27)7-8-20(26)28/h5-6,13-14,19,27H,3-4,7-12H2,1-2H3,(H,24,30). The van der Waals surface area contributed by atoms with Gasteiger partial charge >= 0.3 is 11.6 Å². The summed E-state index contributed by atoms with van der Waals surface area (Å²) in [5, 5.41) is 13.4. The lowest BCUT2D eigenvalue weighted by molar-refractivity contribution is -0.221. The third-order valence-electron chi connectivity index (χ3n) is 5.41. The lowest BCUT2D eigenvalue weighted by Gasteiger charge is -2.21. The van der Waals surface area contributed by atoms with E-state index >= 15 is 0 Å². The molecule has 3 rings (SSSR count). The predicted octanol–water partition coefficient (Wildman–Crippen LogP) is 1.17. The molecular weight excluding hydrogens is 446 g/mol. The molecule has 1 atom stereocenters. The molecule has 1 aromatic heterocycles. The molecular formula is C23H29N3O8. The highest BCUT2D eigenvalue weighted by molar-refractivity contribution is 5.97. The third kappa shape index (κ3) is 6.12. The molecule has 11 heteroatoms. The van der Waals surface area contributed by atoms with Gasteiger partial charge in [-0.2, -0.15) is 0 Å². The van der Waals surface area contributed by atoms with Crippen molar-refractivity contribution in [3.63, 3.8) is 0 Å². The number of rotatable bonds is 11. The van der Waals surface area contributed by atoms with Crippen molar-refractivity contribution in [3.8, 4) is 0 Å². The van der Waals surface area contributed by atoms with E-state index in [0.717, 1.165) is 18.8 Å². The van der Waals surface area contributed by atoms with Crippen LogP contribution in [0.25, 0.3) is 11.0 Å². The Kier molecular flexibility index (Phi) is 8.61. The summed E-state index contributed by atoms with van der Waals surface area (Å²) in [5.74, 6) is -1.75. The molecule has 2 amide bonds. The van der Waals surface area contributed by atoms with Crippen LogP contribution in [-0.2, 0) is 19.2 Å². The number of nitrogens with zero attached hydrogens (tertiary/aromatic N) is 2. The first-order chi connectivity index (χ1) is 16.3. The van der Waals surface area contributed by atoms with E-state index in [-0.39, 0.29) is 44.6 Å². The van der Waals surface area contributed by atoms with Gasteiger partial charge in [-0.05, 0) is 32.0 Å². The quantitative estimate of drug-likeness (QED) is 0.362. The number of nitrogens with one attached hydrogen (secondary N) is 1. The van der Waals surface area contributed by atoms with Crippen LogP contribution in [0.4, 0.5) is 5.69 Å². The van der Waals surface area contributed by atoms with Crippen LogP contribution in [0.15, 0.2) is 33.5 Å². The molecule has 2 heterocycles. The molecule has 0 saturated carbocycles. The second-order valence-electron chi connectivity index (χ2n) is 7.66. The Labute approximate surface area is 196 Å². The van der Waals surface area contributed by atoms with E-state index in [0.29, 0.717) is 16.0 Å². The summed E-state index contributed by atoms with van der Waals surface area (Å²) >= 11 is 0. The first kappa shape index (κ1) is 25.2. The summed E-state index contributed by atoms with van der Waals surface area (Å²) in [7, 11) is 0. The van der Waals surface area contributed by atoms with Gasteiger partial charge < -0.3 is 29.3 Å². The monoisotopic (exact) mass is 475 g/mol. The summed E-state index contributed by atoms with van der Waals surface area (Å²) in [6.07, 6.45) is -0.911. The van der Waals surface area contributed by atoms with Crippen LogP contribution in [0.1, 0.15) is 43.5 Å². The number of benzene rings is 1. The van der Waals surface area contributed by atoms with Crippen molar-refractivity contribution in [2.24, 2.45) is 0 Å². The number of aliphatic hydroxyl groups is 1. The van der Waals surface area contributed by atoms with Gasteiger partial charge in [-0.1, -0.05) is 0 Å². The highest BCUT2D eigenvalue weighted by atomic mass is 16.7. The smallest absolute Gasteiger partial charge is 0.349 e. The van der Waals surface area contributed by atoms with Crippen molar-refractivity contribution in [2.45, 2.75) is 39.3 Å². The van der Waals surface area contributed by atoms with Crippen molar-refractivity contribution in [1.29, 1.82) is 0 Å². The molecule has 2 N–H and O–H groups in total. The minimum atomic E-state index is -1.12. The zero-order valence-corrected chi connectivity index (χ0v) is 19.2. The summed E-state index contributed by atoms with van der Waals surface area (Å²) in [4.78, 5) is 54.9. The molecule has 0 radical (unpaired) electrons. The lowest BCUT2D eigenvalue weighted by Crippen LogP contribution is -2.35. The summed E-state index contributed by atoms with van der Waals surface area (Å²) in [5.41, 5.74) is 0.496.